The van der Waals surface area contributed by atoms with Gasteiger partial charge in [-0.05, 0) is 18.1 Å². The Morgan fingerprint density at radius 1 is 1.50 bits per heavy atom. The average Bonchev–Trinajstić information content (AvgIpc) is 2.60. The number of anilines is 1. The van der Waals surface area contributed by atoms with Crippen LogP contribution in [-0.2, 0) is 4.79 Å². The number of aromatic hydroxyl groups is 1. The highest BCUT2D eigenvalue weighted by atomic mass is 16.3. The first-order chi connectivity index (χ1) is 7.58. The van der Waals surface area contributed by atoms with Crippen molar-refractivity contribution < 1.29 is 9.90 Å². The molecular weight excluding hydrogens is 204 g/mol. The second-order valence-corrected chi connectivity index (χ2v) is 4.43. The number of benzene rings is 1. The Morgan fingerprint density at radius 3 is 2.81 bits per heavy atom. The summed E-state index contributed by atoms with van der Waals surface area (Å²) >= 11 is 0. The van der Waals surface area contributed by atoms with Crippen molar-refractivity contribution in [2.45, 2.75) is 26.3 Å². The first kappa shape index (κ1) is 11.0. The van der Waals surface area contributed by atoms with E-state index in [1.54, 1.807) is 24.3 Å². The summed E-state index contributed by atoms with van der Waals surface area (Å²) in [5.74, 6) is 0.621. The molecule has 2 rings (SSSR count). The van der Waals surface area contributed by atoms with Crippen LogP contribution in [0.5, 0.6) is 5.75 Å². The van der Waals surface area contributed by atoms with E-state index in [-0.39, 0.29) is 17.7 Å². The quantitative estimate of drug-likeness (QED) is 0.797. The molecule has 1 unspecified atom stereocenters. The van der Waals surface area contributed by atoms with Crippen LogP contribution in [0.2, 0.25) is 0 Å². The van der Waals surface area contributed by atoms with Gasteiger partial charge >= 0.3 is 0 Å². The monoisotopic (exact) mass is 220 g/mol. The van der Waals surface area contributed by atoms with Crippen LogP contribution in [0.15, 0.2) is 24.3 Å². The molecule has 1 fully saturated rings. The van der Waals surface area contributed by atoms with Gasteiger partial charge in [0, 0.05) is 18.5 Å². The smallest absolute Gasteiger partial charge is 0.243 e. The number of carbonyl (C=O) groups excluding carboxylic acids is 1. The Labute approximate surface area is 94.9 Å². The van der Waals surface area contributed by atoms with Gasteiger partial charge in [0.2, 0.25) is 5.91 Å². The van der Waals surface area contributed by atoms with Gasteiger partial charge in [0.15, 0.2) is 0 Å². The minimum absolute atomic E-state index is 0.0456. The van der Waals surface area contributed by atoms with E-state index in [1.165, 1.54) is 5.01 Å². The molecule has 4 heteroatoms. The molecule has 1 saturated heterocycles. The van der Waals surface area contributed by atoms with Crippen molar-refractivity contribution in [2.24, 2.45) is 5.92 Å². The number of hydrogen-bond donors (Lipinski definition) is 2. The topological polar surface area (TPSA) is 52.6 Å². The summed E-state index contributed by atoms with van der Waals surface area (Å²) in [6.07, 6.45) is 0.507. The van der Waals surface area contributed by atoms with Gasteiger partial charge in [-0.15, -0.1) is 0 Å². The van der Waals surface area contributed by atoms with E-state index in [1.807, 2.05) is 0 Å². The Hall–Kier alpha value is -1.55. The SMILES string of the molecule is CC(C)C1CC(=O)N(c2cccc(O)c2)N1. The van der Waals surface area contributed by atoms with E-state index >= 15 is 0 Å². The molecular formula is C12H16N2O2. The van der Waals surface area contributed by atoms with Gasteiger partial charge in [-0.2, -0.15) is 0 Å². The second-order valence-electron chi connectivity index (χ2n) is 4.43. The van der Waals surface area contributed by atoms with Gasteiger partial charge < -0.3 is 5.11 Å². The fourth-order valence-corrected chi connectivity index (χ4v) is 1.80. The Bertz CT molecular complexity index is 404. The number of phenolic OH excluding ortho intramolecular Hbond substituents is 1. The van der Waals surface area contributed by atoms with E-state index in [2.05, 4.69) is 19.3 Å². The van der Waals surface area contributed by atoms with Gasteiger partial charge in [0.05, 0.1) is 5.69 Å². The molecule has 0 radical (unpaired) electrons. The molecule has 0 bridgehead atoms. The highest BCUT2D eigenvalue weighted by Crippen LogP contribution is 2.24. The molecule has 0 aromatic heterocycles. The van der Waals surface area contributed by atoms with Gasteiger partial charge in [-0.1, -0.05) is 19.9 Å². The number of nitrogens with zero attached hydrogens (tertiary/aromatic N) is 1. The highest BCUT2D eigenvalue weighted by molar-refractivity contribution is 5.95. The van der Waals surface area contributed by atoms with Crippen LogP contribution in [0.1, 0.15) is 20.3 Å². The lowest BCUT2D eigenvalue weighted by Gasteiger charge is -2.19. The van der Waals surface area contributed by atoms with Crippen molar-refractivity contribution in [3.63, 3.8) is 0 Å². The van der Waals surface area contributed by atoms with Gasteiger partial charge in [0.1, 0.15) is 5.75 Å². The molecule has 1 aliphatic rings. The highest BCUT2D eigenvalue weighted by Gasteiger charge is 2.31. The van der Waals surface area contributed by atoms with E-state index in [0.29, 0.717) is 18.0 Å². The van der Waals surface area contributed by atoms with Crippen molar-refractivity contribution in [1.82, 2.24) is 5.43 Å². The van der Waals surface area contributed by atoms with Crippen molar-refractivity contribution in [3.05, 3.63) is 24.3 Å². The van der Waals surface area contributed by atoms with Gasteiger partial charge in [-0.3, -0.25) is 4.79 Å². The van der Waals surface area contributed by atoms with Crippen molar-refractivity contribution >= 4 is 11.6 Å². The summed E-state index contributed by atoms with van der Waals surface area (Å²) in [4.78, 5) is 11.8. The number of carbonyl (C=O) groups is 1. The maximum absolute atomic E-state index is 11.8. The molecule has 0 saturated carbocycles. The number of nitrogens with one attached hydrogen (secondary N) is 1. The van der Waals surface area contributed by atoms with Crippen molar-refractivity contribution in [1.29, 1.82) is 0 Å². The van der Waals surface area contributed by atoms with Gasteiger partial charge in [-0.25, -0.2) is 10.4 Å². The van der Waals surface area contributed by atoms with Crippen molar-refractivity contribution in [2.75, 3.05) is 5.01 Å². The lowest BCUT2D eigenvalue weighted by atomic mass is 10.0. The van der Waals surface area contributed by atoms with Crippen molar-refractivity contribution in [3.8, 4) is 5.75 Å². The van der Waals surface area contributed by atoms with Crippen LogP contribution < -0.4 is 10.4 Å². The van der Waals surface area contributed by atoms with Crippen LogP contribution in [-0.4, -0.2) is 17.1 Å². The molecule has 1 aromatic rings. The molecule has 0 aliphatic carbocycles. The van der Waals surface area contributed by atoms with E-state index in [9.17, 15) is 9.90 Å². The first-order valence-corrected chi connectivity index (χ1v) is 5.46. The second kappa shape index (κ2) is 4.14. The molecule has 4 nitrogen and oxygen atoms in total. The number of phenols is 1. The minimum Gasteiger partial charge on any atom is -0.508 e. The standard InChI is InChI=1S/C12H16N2O2/c1-8(2)11-7-12(16)14(13-11)9-4-3-5-10(15)6-9/h3-6,8,11,13,15H,7H2,1-2H3. The minimum atomic E-state index is 0.0456. The third-order valence-electron chi connectivity index (χ3n) is 2.83. The summed E-state index contributed by atoms with van der Waals surface area (Å²) in [5, 5.41) is 10.9. The molecule has 1 aromatic carbocycles. The molecule has 16 heavy (non-hydrogen) atoms. The van der Waals surface area contributed by atoms with E-state index < -0.39 is 0 Å². The lowest BCUT2D eigenvalue weighted by molar-refractivity contribution is -0.117. The maximum Gasteiger partial charge on any atom is 0.243 e. The molecule has 0 spiro atoms. The van der Waals surface area contributed by atoms with Crippen LogP contribution in [0, 0.1) is 5.92 Å². The number of hydrazine groups is 1. The predicted octanol–water partition coefficient (Wildman–Crippen LogP) is 1.66. The normalized spacial score (nSPS) is 20.8. The summed E-state index contributed by atoms with van der Waals surface area (Å²) in [6.45, 7) is 4.16. The van der Waals surface area contributed by atoms with E-state index in [4.69, 9.17) is 0 Å². The molecule has 86 valence electrons. The summed E-state index contributed by atoms with van der Waals surface area (Å²) in [6, 6.07) is 6.86. The average molecular weight is 220 g/mol. The molecule has 1 atom stereocenters. The van der Waals surface area contributed by atoms with Crippen LogP contribution in [0.25, 0.3) is 0 Å². The van der Waals surface area contributed by atoms with Crippen LogP contribution >= 0.6 is 0 Å². The summed E-state index contributed by atoms with van der Waals surface area (Å²) in [7, 11) is 0. The number of amides is 1. The maximum atomic E-state index is 11.8. The fraction of sp³-hybridized carbons (Fsp3) is 0.417. The van der Waals surface area contributed by atoms with Crippen LogP contribution in [0.3, 0.4) is 0 Å². The fourth-order valence-electron chi connectivity index (χ4n) is 1.80. The molecule has 2 N–H and O–H groups in total. The third kappa shape index (κ3) is 2.02. The van der Waals surface area contributed by atoms with E-state index in [0.717, 1.165) is 0 Å². The largest absolute Gasteiger partial charge is 0.508 e. The Morgan fingerprint density at radius 2 is 2.25 bits per heavy atom. The Balaban J connectivity index is 2.20. The Kier molecular flexibility index (Phi) is 2.83. The first-order valence-electron chi connectivity index (χ1n) is 5.46. The summed E-state index contributed by atoms with van der Waals surface area (Å²) in [5.41, 5.74) is 3.84. The number of rotatable bonds is 2. The zero-order chi connectivity index (χ0) is 11.7. The zero-order valence-corrected chi connectivity index (χ0v) is 9.47. The molecule has 1 aliphatic heterocycles. The molecule has 1 amide bonds. The van der Waals surface area contributed by atoms with Gasteiger partial charge in [0.25, 0.3) is 0 Å². The molecule has 1 heterocycles. The number of hydrogen-bond acceptors (Lipinski definition) is 3. The lowest BCUT2D eigenvalue weighted by Crippen LogP contribution is -2.39. The van der Waals surface area contributed by atoms with Crippen LogP contribution in [0.4, 0.5) is 5.69 Å². The zero-order valence-electron chi connectivity index (χ0n) is 9.47. The third-order valence-corrected chi connectivity index (χ3v) is 2.83. The summed E-state index contributed by atoms with van der Waals surface area (Å²) < 4.78 is 0. The predicted molar refractivity (Wildman–Crippen MR) is 62.0 cm³/mol.